The van der Waals surface area contributed by atoms with Gasteiger partial charge in [-0.1, -0.05) is 42.5 Å². The van der Waals surface area contributed by atoms with E-state index in [1.165, 1.54) is 22.3 Å². The number of hydrogen-bond donors (Lipinski definition) is 2. The number of aryl methyl sites for hydroxylation is 1. The molecule has 0 amide bonds. The summed E-state index contributed by atoms with van der Waals surface area (Å²) in [5, 5.41) is 7.73. The average Bonchev–Trinajstić information content (AvgIpc) is 2.90. The number of benzene rings is 3. The van der Waals surface area contributed by atoms with Crippen LogP contribution in [0.3, 0.4) is 0 Å². The highest BCUT2D eigenvalue weighted by Gasteiger charge is 2.30. The molecule has 0 saturated carbocycles. The average molecular weight is 491 g/mol. The lowest BCUT2D eigenvalue weighted by Crippen LogP contribution is -2.47. The zero-order valence-electron chi connectivity index (χ0n) is 20.7. The van der Waals surface area contributed by atoms with Crippen molar-refractivity contribution in [2.45, 2.75) is 37.6 Å². The summed E-state index contributed by atoms with van der Waals surface area (Å²) in [7, 11) is 5.03. The summed E-state index contributed by atoms with van der Waals surface area (Å²) >= 11 is 5.71. The maximum Gasteiger partial charge on any atom is 0.166 e. The number of hydrogen-bond acceptors (Lipinski definition) is 4. The molecule has 0 saturated heterocycles. The van der Waals surface area contributed by atoms with Crippen LogP contribution in [0.5, 0.6) is 17.2 Å². The number of methoxy groups -OCH3 is 3. The van der Waals surface area contributed by atoms with Crippen LogP contribution in [0, 0.1) is 0 Å². The maximum absolute atomic E-state index is 5.71. The van der Waals surface area contributed by atoms with Crippen molar-refractivity contribution >= 4 is 17.3 Å². The lowest BCUT2D eigenvalue weighted by Gasteiger charge is -2.35. The van der Waals surface area contributed by atoms with Crippen molar-refractivity contribution in [2.75, 3.05) is 27.9 Å². The van der Waals surface area contributed by atoms with Crippen LogP contribution in [-0.4, -0.2) is 39.0 Å². The Morgan fingerprint density at radius 3 is 2.43 bits per heavy atom. The largest absolute Gasteiger partial charge is 0.497 e. The molecule has 4 rings (SSSR count). The van der Waals surface area contributed by atoms with E-state index in [1.807, 2.05) is 12.1 Å². The third kappa shape index (κ3) is 6.25. The lowest BCUT2D eigenvalue weighted by atomic mass is 9.76. The standard InChI is InChI=1S/C29H34N2O3S/c1-32-23-11-12-24-22(19-23)10-13-26(25(24)17-20-7-5-4-6-8-20)31-29(35)30-16-15-21-9-14-27(33-2)28(18-21)34-3/h4-9,11-12,14,18-19,25-26H,10,13,15-17H2,1-3H3,(H2,30,31,35). The summed E-state index contributed by atoms with van der Waals surface area (Å²) in [6.45, 7) is 0.741. The smallest absolute Gasteiger partial charge is 0.166 e. The van der Waals surface area contributed by atoms with Crippen molar-refractivity contribution in [3.05, 3.63) is 89.0 Å². The topological polar surface area (TPSA) is 51.8 Å². The van der Waals surface area contributed by atoms with Gasteiger partial charge in [0, 0.05) is 18.5 Å². The van der Waals surface area contributed by atoms with Gasteiger partial charge in [0.15, 0.2) is 16.6 Å². The van der Waals surface area contributed by atoms with E-state index < -0.39 is 0 Å². The first-order valence-corrected chi connectivity index (χ1v) is 12.5. The number of fused-ring (bicyclic) bond motifs is 1. The first-order valence-electron chi connectivity index (χ1n) is 12.1. The highest BCUT2D eigenvalue weighted by molar-refractivity contribution is 7.80. The van der Waals surface area contributed by atoms with Crippen molar-refractivity contribution in [3.63, 3.8) is 0 Å². The SMILES string of the molecule is COc1ccc2c(c1)CCC(NC(=S)NCCc1ccc(OC)c(OC)c1)C2Cc1ccccc1. The molecule has 2 unspecified atom stereocenters. The minimum absolute atomic E-state index is 0.261. The summed E-state index contributed by atoms with van der Waals surface area (Å²) in [5.41, 5.74) is 5.25. The van der Waals surface area contributed by atoms with Gasteiger partial charge in [0.1, 0.15) is 5.75 Å². The predicted octanol–water partition coefficient (Wildman–Crippen LogP) is 5.06. The van der Waals surface area contributed by atoms with E-state index in [0.29, 0.717) is 11.0 Å². The van der Waals surface area contributed by atoms with Gasteiger partial charge in [0.2, 0.25) is 0 Å². The summed E-state index contributed by atoms with van der Waals surface area (Å²) in [6, 6.07) is 23.4. The Morgan fingerprint density at radius 2 is 1.69 bits per heavy atom. The Balaban J connectivity index is 1.41. The fraction of sp³-hybridized carbons (Fsp3) is 0.345. The summed E-state index contributed by atoms with van der Waals surface area (Å²) in [6.07, 6.45) is 3.83. The van der Waals surface area contributed by atoms with Crippen LogP contribution in [0.2, 0.25) is 0 Å². The minimum atomic E-state index is 0.261. The van der Waals surface area contributed by atoms with Crippen LogP contribution >= 0.6 is 12.2 Å². The second kappa shape index (κ2) is 11.9. The first-order chi connectivity index (χ1) is 17.1. The molecular weight excluding hydrogens is 456 g/mol. The molecule has 0 aliphatic heterocycles. The van der Waals surface area contributed by atoms with Crippen molar-refractivity contribution < 1.29 is 14.2 Å². The molecule has 5 nitrogen and oxygen atoms in total. The molecule has 0 spiro atoms. The van der Waals surface area contributed by atoms with Crippen LogP contribution < -0.4 is 24.8 Å². The third-order valence-corrected chi connectivity index (χ3v) is 6.98. The highest BCUT2D eigenvalue weighted by atomic mass is 32.1. The summed E-state index contributed by atoms with van der Waals surface area (Å²) < 4.78 is 16.2. The number of nitrogens with one attached hydrogen (secondary N) is 2. The van der Waals surface area contributed by atoms with Crippen molar-refractivity contribution in [3.8, 4) is 17.2 Å². The quantitative estimate of drug-likeness (QED) is 0.409. The second-order valence-corrected chi connectivity index (χ2v) is 9.25. The Hall–Kier alpha value is -3.25. The van der Waals surface area contributed by atoms with Gasteiger partial charge >= 0.3 is 0 Å². The van der Waals surface area contributed by atoms with E-state index in [-0.39, 0.29) is 6.04 Å². The normalized spacial score (nSPS) is 16.7. The van der Waals surface area contributed by atoms with Crippen LogP contribution in [0.4, 0.5) is 0 Å². The molecule has 1 aliphatic carbocycles. The van der Waals surface area contributed by atoms with Gasteiger partial charge in [0.25, 0.3) is 0 Å². The molecule has 0 radical (unpaired) electrons. The molecule has 0 fully saturated rings. The Morgan fingerprint density at radius 1 is 0.886 bits per heavy atom. The summed E-state index contributed by atoms with van der Waals surface area (Å²) in [5.74, 6) is 2.73. The van der Waals surface area contributed by atoms with Gasteiger partial charge in [0.05, 0.1) is 21.3 Å². The van der Waals surface area contributed by atoms with E-state index in [4.69, 9.17) is 26.4 Å². The molecular formula is C29H34N2O3S. The van der Waals surface area contributed by atoms with E-state index in [1.54, 1.807) is 21.3 Å². The van der Waals surface area contributed by atoms with Crippen LogP contribution in [-0.2, 0) is 19.3 Å². The van der Waals surface area contributed by atoms with Gasteiger partial charge in [-0.2, -0.15) is 0 Å². The molecule has 0 heterocycles. The van der Waals surface area contributed by atoms with Crippen molar-refractivity contribution in [2.24, 2.45) is 0 Å². The van der Waals surface area contributed by atoms with Gasteiger partial charge in [-0.25, -0.2) is 0 Å². The van der Waals surface area contributed by atoms with Gasteiger partial charge in [-0.3, -0.25) is 0 Å². The van der Waals surface area contributed by atoms with Crippen LogP contribution in [0.1, 0.15) is 34.6 Å². The minimum Gasteiger partial charge on any atom is -0.497 e. The van der Waals surface area contributed by atoms with E-state index in [2.05, 4.69) is 65.2 Å². The molecule has 6 heteroatoms. The molecule has 3 aromatic carbocycles. The van der Waals surface area contributed by atoms with Crippen LogP contribution in [0.15, 0.2) is 66.7 Å². The highest BCUT2D eigenvalue weighted by Crippen LogP contribution is 2.36. The van der Waals surface area contributed by atoms with Crippen molar-refractivity contribution in [1.82, 2.24) is 10.6 Å². The molecule has 3 aromatic rings. The number of ether oxygens (including phenoxy) is 3. The molecule has 184 valence electrons. The van der Waals surface area contributed by atoms with Gasteiger partial charge < -0.3 is 24.8 Å². The van der Waals surface area contributed by atoms with Crippen LogP contribution in [0.25, 0.3) is 0 Å². The second-order valence-electron chi connectivity index (χ2n) is 8.85. The van der Waals surface area contributed by atoms with E-state index in [9.17, 15) is 0 Å². The zero-order chi connectivity index (χ0) is 24.6. The fourth-order valence-electron chi connectivity index (χ4n) is 4.89. The monoisotopic (exact) mass is 490 g/mol. The molecule has 2 atom stereocenters. The van der Waals surface area contributed by atoms with Crippen molar-refractivity contribution in [1.29, 1.82) is 0 Å². The predicted molar refractivity (Wildman–Crippen MR) is 145 cm³/mol. The number of rotatable bonds is 9. The van der Waals surface area contributed by atoms with Gasteiger partial charge in [-0.15, -0.1) is 0 Å². The molecule has 35 heavy (non-hydrogen) atoms. The fourth-order valence-corrected chi connectivity index (χ4v) is 5.14. The molecule has 0 aromatic heterocycles. The number of thiocarbonyl (C=S) groups is 1. The molecule has 0 bridgehead atoms. The maximum atomic E-state index is 5.71. The Labute approximate surface area is 213 Å². The van der Waals surface area contributed by atoms with E-state index in [0.717, 1.165) is 49.5 Å². The first kappa shape index (κ1) is 24.9. The Kier molecular flexibility index (Phi) is 8.48. The zero-order valence-corrected chi connectivity index (χ0v) is 21.5. The van der Waals surface area contributed by atoms with E-state index >= 15 is 0 Å². The summed E-state index contributed by atoms with van der Waals surface area (Å²) in [4.78, 5) is 0. The van der Waals surface area contributed by atoms with Gasteiger partial charge in [-0.05, 0) is 84.4 Å². The molecule has 2 N–H and O–H groups in total. The molecule has 1 aliphatic rings. The third-order valence-electron chi connectivity index (χ3n) is 6.72. The lowest BCUT2D eigenvalue weighted by molar-refractivity contribution is 0.354. The Bertz CT molecular complexity index is 1140.